The first-order valence-corrected chi connectivity index (χ1v) is 8.38. The molecule has 1 heterocycles. The predicted molar refractivity (Wildman–Crippen MR) is 78.2 cm³/mol. The number of carbonyl (C=O) groups excluding carboxylic acids is 1. The Morgan fingerprint density at radius 3 is 2.42 bits per heavy atom. The number of carbonyl (C=O) groups is 1. The molecule has 0 aromatic carbocycles. The summed E-state index contributed by atoms with van der Waals surface area (Å²) in [6.45, 7) is 5.19. The van der Waals surface area contributed by atoms with Gasteiger partial charge in [-0.3, -0.25) is 4.79 Å². The van der Waals surface area contributed by atoms with E-state index in [0.29, 0.717) is 11.7 Å². The van der Waals surface area contributed by atoms with Crippen LogP contribution >= 0.6 is 0 Å². The Bertz CT molecular complexity index is 286. The highest BCUT2D eigenvalue weighted by Crippen LogP contribution is 2.43. The fourth-order valence-corrected chi connectivity index (χ4v) is 4.10. The first-order chi connectivity index (χ1) is 9.21. The molecule has 1 spiro atoms. The number of ether oxygens (including phenoxy) is 1. The highest BCUT2D eigenvalue weighted by Gasteiger charge is 2.42. The lowest BCUT2D eigenvalue weighted by atomic mass is 9.77. The molecule has 19 heavy (non-hydrogen) atoms. The summed E-state index contributed by atoms with van der Waals surface area (Å²) >= 11 is 0. The fraction of sp³-hybridized carbons (Fsp3) is 0.941. The molecular weight excluding hydrogens is 236 g/mol. The van der Waals surface area contributed by atoms with Crippen molar-refractivity contribution in [2.75, 3.05) is 6.61 Å². The van der Waals surface area contributed by atoms with Crippen LogP contribution in [0.15, 0.2) is 0 Å². The molecule has 0 bridgehead atoms. The van der Waals surface area contributed by atoms with Crippen molar-refractivity contribution in [3.63, 3.8) is 0 Å². The molecule has 2 heteroatoms. The molecular formula is C17H30O2. The average Bonchev–Trinajstić information content (AvgIpc) is 2.86. The van der Waals surface area contributed by atoms with E-state index >= 15 is 0 Å². The zero-order valence-electron chi connectivity index (χ0n) is 12.7. The van der Waals surface area contributed by atoms with Gasteiger partial charge in [-0.15, -0.1) is 0 Å². The van der Waals surface area contributed by atoms with Crippen molar-refractivity contribution in [3.05, 3.63) is 0 Å². The van der Waals surface area contributed by atoms with Crippen LogP contribution in [0, 0.1) is 11.8 Å². The molecule has 2 fully saturated rings. The summed E-state index contributed by atoms with van der Waals surface area (Å²) in [5.41, 5.74) is 0.0849. The van der Waals surface area contributed by atoms with E-state index in [1.807, 2.05) is 0 Å². The van der Waals surface area contributed by atoms with Crippen molar-refractivity contribution in [1.29, 1.82) is 0 Å². The summed E-state index contributed by atoms with van der Waals surface area (Å²) in [7, 11) is 0. The quantitative estimate of drug-likeness (QED) is 0.707. The molecule has 1 saturated heterocycles. The van der Waals surface area contributed by atoms with Crippen molar-refractivity contribution >= 4 is 5.78 Å². The second-order valence-electron chi connectivity index (χ2n) is 6.60. The first-order valence-electron chi connectivity index (χ1n) is 8.38. The van der Waals surface area contributed by atoms with E-state index in [1.54, 1.807) is 0 Å². The zero-order valence-corrected chi connectivity index (χ0v) is 12.7. The van der Waals surface area contributed by atoms with Gasteiger partial charge in [-0.25, -0.2) is 0 Å². The molecule has 1 aliphatic heterocycles. The highest BCUT2D eigenvalue weighted by molar-refractivity contribution is 5.83. The van der Waals surface area contributed by atoms with Gasteiger partial charge in [0.15, 0.2) is 0 Å². The van der Waals surface area contributed by atoms with Crippen LogP contribution in [0.2, 0.25) is 0 Å². The topological polar surface area (TPSA) is 26.3 Å². The monoisotopic (exact) mass is 266 g/mol. The summed E-state index contributed by atoms with van der Waals surface area (Å²) in [5, 5.41) is 0. The molecule has 0 radical (unpaired) electrons. The molecule has 0 N–H and O–H groups in total. The molecule has 2 aliphatic rings. The maximum atomic E-state index is 12.8. The lowest BCUT2D eigenvalue weighted by Gasteiger charge is -2.38. The van der Waals surface area contributed by atoms with E-state index in [9.17, 15) is 4.79 Å². The number of Topliss-reactive ketones (excluding diaryl/α,β-unsaturated/α-hetero) is 1. The van der Waals surface area contributed by atoms with Crippen LogP contribution in [0.25, 0.3) is 0 Å². The summed E-state index contributed by atoms with van der Waals surface area (Å²) < 4.78 is 6.05. The minimum atomic E-state index is 0.0849. The Kier molecular flexibility index (Phi) is 5.44. The van der Waals surface area contributed by atoms with Gasteiger partial charge in [0.05, 0.1) is 5.60 Å². The van der Waals surface area contributed by atoms with E-state index in [4.69, 9.17) is 4.74 Å². The molecule has 2 nitrogen and oxygen atoms in total. The first kappa shape index (κ1) is 15.0. The van der Waals surface area contributed by atoms with Crippen molar-refractivity contribution in [1.82, 2.24) is 0 Å². The van der Waals surface area contributed by atoms with E-state index in [-0.39, 0.29) is 11.5 Å². The Labute approximate surface area is 118 Å². The van der Waals surface area contributed by atoms with Gasteiger partial charge >= 0.3 is 0 Å². The number of ketones is 1. The SMILES string of the molecule is CCCC(CCC)C(=O)C1CCOC2(CCCC2)C1. The van der Waals surface area contributed by atoms with Gasteiger partial charge < -0.3 is 4.74 Å². The molecule has 1 aliphatic carbocycles. The van der Waals surface area contributed by atoms with Crippen LogP contribution in [0.3, 0.4) is 0 Å². The zero-order chi connectivity index (χ0) is 13.7. The standard InChI is InChI=1S/C17H30O2/c1-3-7-14(8-4-2)16(18)15-9-12-19-17(13-15)10-5-6-11-17/h14-15H,3-13H2,1-2H3. The Balaban J connectivity index is 1.97. The lowest BCUT2D eigenvalue weighted by Crippen LogP contribution is -2.41. The van der Waals surface area contributed by atoms with E-state index in [0.717, 1.165) is 45.1 Å². The molecule has 1 atom stereocenters. The maximum Gasteiger partial charge on any atom is 0.139 e. The summed E-state index contributed by atoms with van der Waals surface area (Å²) in [6.07, 6.45) is 11.3. The second-order valence-corrected chi connectivity index (χ2v) is 6.60. The second kappa shape index (κ2) is 6.88. The number of hydrogen-bond donors (Lipinski definition) is 0. The van der Waals surface area contributed by atoms with Crippen LogP contribution in [0.4, 0.5) is 0 Å². The van der Waals surface area contributed by atoms with Crippen LogP contribution in [-0.4, -0.2) is 18.0 Å². The predicted octanol–water partition coefficient (Wildman–Crippen LogP) is 4.51. The number of hydrogen-bond acceptors (Lipinski definition) is 2. The van der Waals surface area contributed by atoms with Crippen molar-refractivity contribution in [3.8, 4) is 0 Å². The van der Waals surface area contributed by atoms with Gasteiger partial charge in [0.25, 0.3) is 0 Å². The van der Waals surface area contributed by atoms with Crippen LogP contribution in [0.1, 0.15) is 78.1 Å². The molecule has 110 valence electrons. The smallest absolute Gasteiger partial charge is 0.139 e. The van der Waals surface area contributed by atoms with Gasteiger partial charge in [0.2, 0.25) is 0 Å². The van der Waals surface area contributed by atoms with Crippen LogP contribution < -0.4 is 0 Å². The van der Waals surface area contributed by atoms with Gasteiger partial charge in [0.1, 0.15) is 5.78 Å². The molecule has 0 amide bonds. The third kappa shape index (κ3) is 3.59. The van der Waals surface area contributed by atoms with Crippen LogP contribution in [-0.2, 0) is 9.53 Å². The van der Waals surface area contributed by atoms with Gasteiger partial charge in [-0.05, 0) is 38.5 Å². The number of rotatable bonds is 6. The van der Waals surface area contributed by atoms with Gasteiger partial charge in [-0.1, -0.05) is 39.5 Å². The largest absolute Gasteiger partial charge is 0.375 e. The van der Waals surface area contributed by atoms with E-state index < -0.39 is 0 Å². The Hall–Kier alpha value is -0.370. The lowest BCUT2D eigenvalue weighted by molar-refractivity contribution is -0.140. The van der Waals surface area contributed by atoms with Gasteiger partial charge in [-0.2, -0.15) is 0 Å². The Morgan fingerprint density at radius 2 is 1.84 bits per heavy atom. The minimum Gasteiger partial charge on any atom is -0.375 e. The summed E-state index contributed by atoms with van der Waals surface area (Å²) in [6, 6.07) is 0. The molecule has 1 unspecified atom stereocenters. The van der Waals surface area contributed by atoms with Crippen molar-refractivity contribution < 1.29 is 9.53 Å². The van der Waals surface area contributed by atoms with E-state index in [2.05, 4.69) is 13.8 Å². The normalized spacial score (nSPS) is 26.2. The molecule has 1 saturated carbocycles. The minimum absolute atomic E-state index is 0.0849. The van der Waals surface area contributed by atoms with E-state index in [1.165, 1.54) is 25.7 Å². The van der Waals surface area contributed by atoms with Gasteiger partial charge in [0, 0.05) is 18.4 Å². The summed E-state index contributed by atoms with van der Waals surface area (Å²) in [4.78, 5) is 12.8. The third-order valence-electron chi connectivity index (χ3n) is 5.09. The highest BCUT2D eigenvalue weighted by atomic mass is 16.5. The fourth-order valence-electron chi connectivity index (χ4n) is 4.10. The molecule has 0 aromatic heterocycles. The molecule has 2 rings (SSSR count). The maximum absolute atomic E-state index is 12.8. The molecule has 0 aromatic rings. The third-order valence-corrected chi connectivity index (χ3v) is 5.09. The van der Waals surface area contributed by atoms with Crippen molar-refractivity contribution in [2.45, 2.75) is 83.7 Å². The average molecular weight is 266 g/mol. The Morgan fingerprint density at radius 1 is 1.21 bits per heavy atom. The summed E-state index contributed by atoms with van der Waals surface area (Å²) in [5.74, 6) is 1.16. The van der Waals surface area contributed by atoms with Crippen molar-refractivity contribution in [2.24, 2.45) is 11.8 Å². The van der Waals surface area contributed by atoms with Crippen LogP contribution in [0.5, 0.6) is 0 Å².